The van der Waals surface area contributed by atoms with Gasteiger partial charge in [0.15, 0.2) is 11.7 Å². The summed E-state index contributed by atoms with van der Waals surface area (Å²) in [7, 11) is 0. The van der Waals surface area contributed by atoms with Crippen LogP contribution in [0.25, 0.3) is 5.70 Å². The van der Waals surface area contributed by atoms with E-state index in [9.17, 15) is 31.1 Å². The van der Waals surface area contributed by atoms with Gasteiger partial charge in [0.05, 0.1) is 28.7 Å². The molecular weight excluding hydrogens is 532 g/mol. The summed E-state index contributed by atoms with van der Waals surface area (Å²) in [6.45, 7) is 2.84. The standard InChI is InChI=1S/C23H21F6N9O/c1-10-11(23(27,28)29)5-6-14(33-10)21(2)15-16(30)35-17(36-18(15)37-20(21)39)13-8-38-19(31-9-32-38)12(34-13)4-3-7-22(24,25)26/h5-6,8,32H,3-4,7,9H2,1-2H3,(H3,30,35,36,37,39). The van der Waals surface area contributed by atoms with Crippen LogP contribution in [-0.4, -0.2) is 50.3 Å². The fourth-order valence-corrected chi connectivity index (χ4v) is 4.66. The highest BCUT2D eigenvalue weighted by molar-refractivity contribution is 6.43. The van der Waals surface area contributed by atoms with Crippen LogP contribution in [0.3, 0.4) is 0 Å². The van der Waals surface area contributed by atoms with Crippen LogP contribution < -0.4 is 16.5 Å². The van der Waals surface area contributed by atoms with Gasteiger partial charge in [-0.2, -0.15) is 26.3 Å². The summed E-state index contributed by atoms with van der Waals surface area (Å²) in [6, 6.07) is 1.96. The molecule has 1 atom stereocenters. The molecule has 5 heterocycles. The molecular formula is C23H21F6N9O. The number of alkyl halides is 6. The van der Waals surface area contributed by atoms with Crippen LogP contribution in [0.2, 0.25) is 0 Å². The Kier molecular flexibility index (Phi) is 6.12. The molecule has 3 aliphatic rings. The minimum atomic E-state index is -4.61. The van der Waals surface area contributed by atoms with E-state index in [2.05, 4.69) is 35.7 Å². The Hall–Kier alpha value is -4.08. The van der Waals surface area contributed by atoms with Gasteiger partial charge >= 0.3 is 12.4 Å². The maximum atomic E-state index is 13.2. The second-order valence-electron chi connectivity index (χ2n) is 9.27. The van der Waals surface area contributed by atoms with Crippen LogP contribution in [0.1, 0.15) is 54.5 Å². The number of anilines is 2. The lowest BCUT2D eigenvalue weighted by atomic mass is 9.80. The molecule has 0 spiro atoms. The molecule has 3 aliphatic heterocycles. The molecule has 2 aromatic heterocycles. The minimum absolute atomic E-state index is 0.0119. The first-order valence-corrected chi connectivity index (χ1v) is 11.7. The number of amidine groups is 1. The van der Waals surface area contributed by atoms with Crippen LogP contribution in [0, 0.1) is 6.92 Å². The molecule has 0 radical (unpaired) electrons. The van der Waals surface area contributed by atoms with Gasteiger partial charge in [-0.25, -0.2) is 25.4 Å². The number of nitrogens with one attached hydrogen (secondary N) is 2. The molecule has 0 bridgehead atoms. The van der Waals surface area contributed by atoms with E-state index in [0.717, 1.165) is 12.1 Å². The number of aryl methyl sites for hydroxylation is 1. The van der Waals surface area contributed by atoms with E-state index in [1.165, 1.54) is 25.1 Å². The van der Waals surface area contributed by atoms with Crippen LogP contribution in [-0.2, 0) is 16.4 Å². The molecule has 0 aromatic carbocycles. The van der Waals surface area contributed by atoms with Gasteiger partial charge in [0, 0.05) is 12.1 Å². The van der Waals surface area contributed by atoms with Crippen LogP contribution in [0.4, 0.5) is 38.0 Å². The van der Waals surface area contributed by atoms with E-state index in [1.54, 1.807) is 0 Å². The Bertz CT molecular complexity index is 1460. The molecule has 0 saturated heterocycles. The number of aliphatic imine (C=N–C) groups is 2. The van der Waals surface area contributed by atoms with Crippen molar-refractivity contribution < 1.29 is 31.1 Å². The van der Waals surface area contributed by atoms with Crippen LogP contribution in [0.5, 0.6) is 0 Å². The second-order valence-corrected chi connectivity index (χ2v) is 9.27. The molecule has 0 fully saturated rings. The second kappa shape index (κ2) is 9.00. The van der Waals surface area contributed by atoms with Crippen molar-refractivity contribution in [2.75, 3.05) is 17.7 Å². The Morgan fingerprint density at radius 1 is 1.13 bits per heavy atom. The van der Waals surface area contributed by atoms with Crippen LogP contribution in [0.15, 0.2) is 28.3 Å². The Labute approximate surface area is 217 Å². The van der Waals surface area contributed by atoms with Crippen molar-refractivity contribution in [1.82, 2.24) is 25.4 Å². The summed E-state index contributed by atoms with van der Waals surface area (Å²) >= 11 is 0. The summed E-state index contributed by atoms with van der Waals surface area (Å²) in [5.74, 6) is -0.383. The highest BCUT2D eigenvalue weighted by atomic mass is 19.4. The lowest BCUT2D eigenvalue weighted by molar-refractivity contribution is -0.138. The lowest BCUT2D eigenvalue weighted by Gasteiger charge is -2.24. The predicted molar refractivity (Wildman–Crippen MR) is 128 cm³/mol. The van der Waals surface area contributed by atoms with Crippen molar-refractivity contribution in [3.05, 3.63) is 46.7 Å². The zero-order chi connectivity index (χ0) is 28.3. The number of hydrazine groups is 1. The lowest BCUT2D eigenvalue weighted by Crippen LogP contribution is -2.39. The molecule has 16 heteroatoms. The van der Waals surface area contributed by atoms with Crippen molar-refractivity contribution >= 4 is 34.8 Å². The molecule has 10 nitrogen and oxygen atoms in total. The number of nitrogen functional groups attached to an aromatic ring is 1. The van der Waals surface area contributed by atoms with E-state index in [-0.39, 0.29) is 59.6 Å². The summed E-state index contributed by atoms with van der Waals surface area (Å²) in [5, 5.41) is 4.09. The number of rotatable bonds is 5. The quantitative estimate of drug-likeness (QED) is 0.481. The van der Waals surface area contributed by atoms with Gasteiger partial charge in [-0.1, -0.05) is 0 Å². The van der Waals surface area contributed by atoms with Gasteiger partial charge in [-0.05, 0) is 38.8 Å². The average molecular weight is 553 g/mol. The number of nitrogens with zero attached hydrogens (tertiary/aromatic N) is 6. The van der Waals surface area contributed by atoms with Gasteiger partial charge in [0.2, 0.25) is 5.91 Å². The van der Waals surface area contributed by atoms with E-state index in [0.29, 0.717) is 11.5 Å². The smallest absolute Gasteiger partial charge is 0.383 e. The van der Waals surface area contributed by atoms with Crippen molar-refractivity contribution in [2.24, 2.45) is 9.98 Å². The number of fused-ring (bicyclic) bond motifs is 2. The molecule has 2 aromatic rings. The maximum absolute atomic E-state index is 13.2. The van der Waals surface area contributed by atoms with Crippen molar-refractivity contribution in [3.63, 3.8) is 0 Å². The zero-order valence-corrected chi connectivity index (χ0v) is 20.5. The molecule has 0 aliphatic carbocycles. The van der Waals surface area contributed by atoms with Gasteiger partial charge in [-0.15, -0.1) is 0 Å². The van der Waals surface area contributed by atoms with Gasteiger partial charge in [-0.3, -0.25) is 14.8 Å². The third-order valence-electron chi connectivity index (χ3n) is 6.59. The maximum Gasteiger partial charge on any atom is 0.418 e. The largest absolute Gasteiger partial charge is 0.418 e. The molecule has 1 amide bonds. The van der Waals surface area contributed by atoms with Crippen molar-refractivity contribution in [3.8, 4) is 0 Å². The van der Waals surface area contributed by atoms with E-state index in [1.807, 2.05) is 0 Å². The van der Waals surface area contributed by atoms with Gasteiger partial charge < -0.3 is 11.1 Å². The van der Waals surface area contributed by atoms with E-state index >= 15 is 0 Å². The number of nitrogens with two attached hydrogens (primary N) is 1. The number of hydrogen-bond acceptors (Lipinski definition) is 9. The highest BCUT2D eigenvalue weighted by Crippen LogP contribution is 2.45. The molecule has 206 valence electrons. The third kappa shape index (κ3) is 4.68. The number of pyridine rings is 1. The molecule has 4 N–H and O–H groups in total. The zero-order valence-electron chi connectivity index (χ0n) is 20.5. The van der Waals surface area contributed by atoms with E-state index < -0.39 is 35.7 Å². The first-order chi connectivity index (χ1) is 18.2. The van der Waals surface area contributed by atoms with Crippen molar-refractivity contribution in [2.45, 2.75) is 50.9 Å². The highest BCUT2D eigenvalue weighted by Gasteiger charge is 2.49. The SMILES string of the molecule is Cc1nc(C2(C)C(=O)Nc3nc(C4=CN5NCN=C5C(CCCC(F)(F)F)=N4)nc(N)c32)ccc1C(F)(F)F. The fourth-order valence-electron chi connectivity index (χ4n) is 4.66. The topological polar surface area (TPSA) is 134 Å². The summed E-state index contributed by atoms with van der Waals surface area (Å²) in [5.41, 5.74) is 6.97. The molecule has 39 heavy (non-hydrogen) atoms. The van der Waals surface area contributed by atoms with Gasteiger partial charge in [0.1, 0.15) is 29.4 Å². The van der Waals surface area contributed by atoms with Crippen molar-refractivity contribution in [1.29, 1.82) is 0 Å². The molecule has 0 saturated carbocycles. The number of hydrogen-bond donors (Lipinski definition) is 3. The average Bonchev–Trinajstić information content (AvgIpc) is 3.40. The predicted octanol–water partition coefficient (Wildman–Crippen LogP) is 3.70. The number of halogens is 6. The Balaban J connectivity index is 1.51. The number of carbonyl (C=O) groups is 1. The van der Waals surface area contributed by atoms with E-state index in [4.69, 9.17) is 5.73 Å². The summed E-state index contributed by atoms with van der Waals surface area (Å²) < 4.78 is 77.8. The number of carbonyl (C=O) groups excluding carboxylic acids is 1. The van der Waals surface area contributed by atoms with Gasteiger partial charge in [0.25, 0.3) is 0 Å². The number of aromatic nitrogens is 3. The number of amides is 1. The summed E-state index contributed by atoms with van der Waals surface area (Å²) in [4.78, 5) is 34.5. The minimum Gasteiger partial charge on any atom is -0.383 e. The molecule has 5 rings (SSSR count). The fraction of sp³-hybridized carbons (Fsp3) is 0.391. The van der Waals surface area contributed by atoms with Crippen LogP contribution >= 0.6 is 0 Å². The summed E-state index contributed by atoms with van der Waals surface area (Å²) in [6.07, 6.45) is -8.64. The first kappa shape index (κ1) is 26.5. The third-order valence-corrected chi connectivity index (χ3v) is 6.59. The monoisotopic (exact) mass is 553 g/mol. The normalized spacial score (nSPS) is 20.8. The Morgan fingerprint density at radius 3 is 2.54 bits per heavy atom. The first-order valence-electron chi connectivity index (χ1n) is 11.7. The molecule has 1 unspecified atom stereocenters. The Morgan fingerprint density at radius 2 is 1.87 bits per heavy atom.